The van der Waals surface area contributed by atoms with Crippen LogP contribution >= 0.6 is 21.6 Å². The van der Waals surface area contributed by atoms with E-state index in [0.717, 1.165) is 38.4 Å². The van der Waals surface area contributed by atoms with Crippen LogP contribution in [0.5, 0.6) is 0 Å². The van der Waals surface area contributed by atoms with Crippen molar-refractivity contribution in [1.29, 1.82) is 0 Å². The van der Waals surface area contributed by atoms with Crippen LogP contribution in [0.1, 0.15) is 62.1 Å². The Kier molecular flexibility index (Phi) is 22.4. The predicted molar refractivity (Wildman–Crippen MR) is 272 cm³/mol. The van der Waals surface area contributed by atoms with Crippen molar-refractivity contribution in [3.8, 4) is 0 Å². The SMILES string of the molecule is CC(O)C(CO)NC(=O)C1CSSCC(NC(=O)C(N)Cc2ccccc2)C(=O)NC(Cc2ccccc2)C(=O)NC(CC2CNc3ccccc32)C(=O)NC(CCCCN)C(=O)NC(C(C)O)C(=O)N1. The average molecular weight is 1020 g/mol. The Morgan fingerprint density at radius 2 is 1.34 bits per heavy atom. The van der Waals surface area contributed by atoms with E-state index < -0.39 is 108 Å². The van der Waals surface area contributed by atoms with E-state index in [4.69, 9.17) is 11.5 Å². The van der Waals surface area contributed by atoms with Crippen LogP contribution in [-0.2, 0) is 46.4 Å². The van der Waals surface area contributed by atoms with Gasteiger partial charge in [0.05, 0.1) is 30.9 Å². The standard InChI is InChI=1S/C49H68N10O10S2/c1-28(61)39(25-60)56-48(68)41-27-71-70-26-40(57-43(63)34(51)21-30-13-5-3-6-14-30)47(67)54-37(22-31-15-7-4-8-16-31)45(65)55-38(23-32-24-52-35-18-10-9-17-33(32)35)46(66)53-36(19-11-12-20-50)44(64)59-42(29(2)62)49(69)58-41/h3-10,13-18,28-29,32,34,36-42,52,60-62H,11-12,19-27,50-51H2,1-2H3,(H,53,66)(H,54,67)(H,55,65)(H,56,68)(H,57,63)(H,58,69)(H,59,64). The number of benzene rings is 3. The highest BCUT2D eigenvalue weighted by molar-refractivity contribution is 8.76. The quantitative estimate of drug-likeness (QED) is 0.0574. The van der Waals surface area contributed by atoms with Crippen LogP contribution in [0.4, 0.5) is 5.69 Å². The minimum atomic E-state index is -1.65. The molecular formula is C49H68N10O10S2. The molecule has 22 heteroatoms. The molecule has 386 valence electrons. The number of nitrogens with one attached hydrogen (secondary N) is 8. The molecular weight excluding hydrogens is 953 g/mol. The number of amides is 7. The lowest BCUT2D eigenvalue weighted by Gasteiger charge is -2.30. The Labute approximate surface area is 421 Å². The second-order valence-corrected chi connectivity index (χ2v) is 20.4. The van der Waals surface area contributed by atoms with Gasteiger partial charge in [-0.05, 0) is 75.3 Å². The van der Waals surface area contributed by atoms with Crippen LogP contribution in [0.3, 0.4) is 0 Å². The number of carbonyl (C=O) groups is 7. The molecule has 3 aromatic carbocycles. The molecule has 0 aromatic heterocycles. The van der Waals surface area contributed by atoms with Crippen LogP contribution < -0.4 is 54.0 Å². The van der Waals surface area contributed by atoms with Crippen LogP contribution in [0.2, 0.25) is 0 Å². The van der Waals surface area contributed by atoms with Gasteiger partial charge < -0.3 is 69.3 Å². The molecule has 2 heterocycles. The van der Waals surface area contributed by atoms with Crippen molar-refractivity contribution in [2.75, 3.05) is 36.5 Å². The van der Waals surface area contributed by atoms with Gasteiger partial charge in [-0.2, -0.15) is 0 Å². The van der Waals surface area contributed by atoms with Crippen molar-refractivity contribution in [3.05, 3.63) is 102 Å². The maximum absolute atomic E-state index is 14.7. The first kappa shape index (κ1) is 56.2. The molecule has 0 bridgehead atoms. The number of carbonyl (C=O) groups excluding carboxylic acids is 7. The molecule has 0 radical (unpaired) electrons. The summed E-state index contributed by atoms with van der Waals surface area (Å²) in [5, 5.41) is 53.2. The Morgan fingerprint density at radius 1 is 0.732 bits per heavy atom. The molecule has 20 nitrogen and oxygen atoms in total. The fourth-order valence-corrected chi connectivity index (χ4v) is 10.4. The number of hydrogen-bond acceptors (Lipinski definition) is 15. The highest BCUT2D eigenvalue weighted by Crippen LogP contribution is 2.34. The van der Waals surface area contributed by atoms with Gasteiger partial charge in [-0.15, -0.1) is 0 Å². The fraction of sp³-hybridized carbons (Fsp3) is 0.490. The smallest absolute Gasteiger partial charge is 0.245 e. The summed E-state index contributed by atoms with van der Waals surface area (Å²) in [7, 11) is 2.07. The molecule has 5 rings (SSSR count). The third-order valence-electron chi connectivity index (χ3n) is 12.2. The molecule has 0 aliphatic carbocycles. The summed E-state index contributed by atoms with van der Waals surface area (Å²) < 4.78 is 0. The van der Waals surface area contributed by atoms with Gasteiger partial charge in [-0.25, -0.2) is 0 Å². The zero-order valence-corrected chi connectivity index (χ0v) is 41.5. The van der Waals surface area contributed by atoms with Crippen molar-refractivity contribution in [1.82, 2.24) is 37.2 Å². The van der Waals surface area contributed by atoms with Crippen molar-refractivity contribution in [2.24, 2.45) is 11.5 Å². The molecule has 71 heavy (non-hydrogen) atoms. The monoisotopic (exact) mass is 1020 g/mol. The topological polar surface area (TPSA) is 328 Å². The summed E-state index contributed by atoms with van der Waals surface area (Å²) in [5.41, 5.74) is 15.4. The first-order valence-corrected chi connectivity index (χ1v) is 26.3. The molecule has 1 saturated heterocycles. The van der Waals surface area contributed by atoms with E-state index in [1.54, 1.807) is 42.5 Å². The summed E-state index contributed by atoms with van der Waals surface area (Å²) >= 11 is 0. The zero-order chi connectivity index (χ0) is 51.5. The van der Waals surface area contributed by atoms with E-state index >= 15 is 0 Å². The first-order valence-electron chi connectivity index (χ1n) is 23.8. The van der Waals surface area contributed by atoms with E-state index in [0.29, 0.717) is 24.9 Å². The van der Waals surface area contributed by atoms with Crippen LogP contribution in [-0.4, -0.2) is 148 Å². The van der Waals surface area contributed by atoms with E-state index in [2.05, 4.69) is 42.5 Å². The van der Waals surface area contributed by atoms with Gasteiger partial charge in [0.2, 0.25) is 41.4 Å². The van der Waals surface area contributed by atoms with Gasteiger partial charge in [-0.1, -0.05) is 100 Å². The lowest BCUT2D eigenvalue weighted by Crippen LogP contribution is -2.62. The number of para-hydroxylation sites is 1. The van der Waals surface area contributed by atoms with E-state index in [1.807, 2.05) is 42.5 Å². The average Bonchev–Trinajstić information content (AvgIpc) is 3.76. The fourth-order valence-electron chi connectivity index (χ4n) is 8.08. The minimum Gasteiger partial charge on any atom is -0.394 e. The molecule has 15 N–H and O–H groups in total. The number of anilines is 1. The Hall–Kier alpha value is -5.75. The lowest BCUT2D eigenvalue weighted by molar-refractivity contribution is -0.136. The van der Waals surface area contributed by atoms with Gasteiger partial charge in [0.1, 0.15) is 36.3 Å². The first-order chi connectivity index (χ1) is 34.1. The number of unbranched alkanes of at least 4 members (excludes halogenated alkanes) is 1. The summed E-state index contributed by atoms with van der Waals surface area (Å²) in [5.74, 6) is -6.17. The molecule has 7 amide bonds. The molecule has 0 spiro atoms. The molecule has 1 fully saturated rings. The summed E-state index contributed by atoms with van der Waals surface area (Å²) in [6.07, 6.45) is -1.66. The number of nitrogens with two attached hydrogens (primary N) is 2. The minimum absolute atomic E-state index is 0.0285. The summed E-state index contributed by atoms with van der Waals surface area (Å²) in [4.78, 5) is 99.7. The number of rotatable bonds is 17. The maximum Gasteiger partial charge on any atom is 0.245 e. The van der Waals surface area contributed by atoms with E-state index in [9.17, 15) is 48.9 Å². The van der Waals surface area contributed by atoms with Gasteiger partial charge in [0.15, 0.2) is 0 Å². The zero-order valence-electron chi connectivity index (χ0n) is 39.9. The van der Waals surface area contributed by atoms with Crippen molar-refractivity contribution < 1.29 is 48.9 Å². The van der Waals surface area contributed by atoms with Crippen LogP contribution in [0.15, 0.2) is 84.9 Å². The van der Waals surface area contributed by atoms with Gasteiger partial charge >= 0.3 is 0 Å². The van der Waals surface area contributed by atoms with Crippen molar-refractivity contribution in [3.63, 3.8) is 0 Å². The van der Waals surface area contributed by atoms with Crippen LogP contribution in [0.25, 0.3) is 0 Å². The third-order valence-corrected chi connectivity index (χ3v) is 14.6. The largest absolute Gasteiger partial charge is 0.394 e. The molecule has 0 saturated carbocycles. The second kappa shape index (κ2) is 28.3. The van der Waals surface area contributed by atoms with Gasteiger partial charge in [0.25, 0.3) is 0 Å². The van der Waals surface area contributed by atoms with Crippen molar-refractivity contribution >= 4 is 68.6 Å². The second-order valence-electron chi connectivity index (χ2n) is 17.8. The molecule has 3 aromatic rings. The van der Waals surface area contributed by atoms with Crippen molar-refractivity contribution in [2.45, 2.75) is 119 Å². The van der Waals surface area contributed by atoms with E-state index in [-0.39, 0.29) is 49.7 Å². The maximum atomic E-state index is 14.7. The Balaban J connectivity index is 1.55. The summed E-state index contributed by atoms with van der Waals surface area (Å²) in [6, 6.07) is 15.0. The Bertz CT molecular complexity index is 2250. The number of fused-ring (bicyclic) bond motifs is 1. The molecule has 2 aliphatic rings. The highest BCUT2D eigenvalue weighted by atomic mass is 33.1. The Morgan fingerprint density at radius 3 is 2.00 bits per heavy atom. The normalized spacial score (nSPS) is 24.4. The number of hydrogen-bond donors (Lipinski definition) is 13. The van der Waals surface area contributed by atoms with Gasteiger partial charge in [-0.3, -0.25) is 33.6 Å². The molecule has 2 aliphatic heterocycles. The summed E-state index contributed by atoms with van der Waals surface area (Å²) in [6.45, 7) is 2.67. The third kappa shape index (κ3) is 17.2. The highest BCUT2D eigenvalue weighted by Gasteiger charge is 2.37. The van der Waals surface area contributed by atoms with Crippen LogP contribution in [0, 0.1) is 0 Å². The number of aliphatic hydroxyl groups is 3. The van der Waals surface area contributed by atoms with Gasteiger partial charge in [0, 0.05) is 36.1 Å². The number of aliphatic hydroxyl groups excluding tert-OH is 3. The molecule has 11 atom stereocenters. The predicted octanol–water partition coefficient (Wildman–Crippen LogP) is -0.930. The van der Waals surface area contributed by atoms with E-state index in [1.165, 1.54) is 13.8 Å². The molecule has 11 unspecified atom stereocenters. The lowest BCUT2D eigenvalue weighted by atomic mass is 9.92.